The van der Waals surface area contributed by atoms with Crippen molar-refractivity contribution >= 4 is 11.6 Å². The van der Waals surface area contributed by atoms with Crippen molar-refractivity contribution in [1.29, 1.82) is 0 Å². The van der Waals surface area contributed by atoms with Crippen LogP contribution in [0.15, 0.2) is 36.4 Å². The van der Waals surface area contributed by atoms with Crippen molar-refractivity contribution in [3.8, 4) is 23.0 Å². The van der Waals surface area contributed by atoms with Crippen LogP contribution in [-0.2, 0) is 4.79 Å². The molecule has 0 aliphatic carbocycles. The van der Waals surface area contributed by atoms with Crippen molar-refractivity contribution in [2.75, 3.05) is 33.8 Å². The molecule has 1 unspecified atom stereocenters. The Balaban J connectivity index is 2.23. The van der Waals surface area contributed by atoms with Crippen LogP contribution in [-0.4, -0.2) is 39.5 Å². The predicted molar refractivity (Wildman–Crippen MR) is 92.7 cm³/mol. The molecule has 0 saturated carbocycles. The maximum Gasteiger partial charge on any atom is 0.257 e. The molecule has 134 valence electrons. The fourth-order valence-electron chi connectivity index (χ4n) is 2.30. The number of anilines is 1. The van der Waals surface area contributed by atoms with Crippen LogP contribution in [0.4, 0.5) is 5.69 Å². The summed E-state index contributed by atoms with van der Waals surface area (Å²) in [4.78, 5) is 12.3. The lowest BCUT2D eigenvalue weighted by Gasteiger charge is -2.17. The third-order valence-corrected chi connectivity index (χ3v) is 3.61. The number of carbonyl (C=O) groups excluding carboxylic acids is 1. The van der Waals surface area contributed by atoms with E-state index in [0.29, 0.717) is 34.2 Å². The average molecular weight is 347 g/mol. The number of aliphatic hydroxyl groups is 1. The summed E-state index contributed by atoms with van der Waals surface area (Å²) in [6.07, 6.45) is -1.41. The van der Waals surface area contributed by atoms with Gasteiger partial charge in [-0.05, 0) is 42.0 Å². The summed E-state index contributed by atoms with van der Waals surface area (Å²) in [5.41, 5.74) is 0.859. The van der Waals surface area contributed by atoms with E-state index in [1.165, 1.54) is 33.5 Å². The highest BCUT2D eigenvalue weighted by atomic mass is 16.5. The Morgan fingerprint density at radius 3 is 1.92 bits per heavy atom. The molecule has 0 aliphatic rings. The Bertz CT molecular complexity index is 704. The molecule has 1 amide bonds. The molecule has 7 heteroatoms. The Kier molecular flexibility index (Phi) is 6.08. The number of benzene rings is 2. The molecule has 0 fully saturated rings. The van der Waals surface area contributed by atoms with E-state index in [1.54, 1.807) is 31.4 Å². The normalized spacial score (nSPS) is 11.4. The second-order valence-electron chi connectivity index (χ2n) is 5.08. The first-order valence-corrected chi connectivity index (χ1v) is 7.47. The largest absolute Gasteiger partial charge is 0.497 e. The molecule has 25 heavy (non-hydrogen) atoms. The molecular formula is C18H21NO6. The number of nitrogens with one attached hydrogen (secondary N) is 1. The van der Waals surface area contributed by atoms with Crippen molar-refractivity contribution < 1.29 is 28.8 Å². The second kappa shape index (κ2) is 8.25. The molecule has 2 aromatic carbocycles. The summed E-state index contributed by atoms with van der Waals surface area (Å²) < 4.78 is 20.8. The number of amides is 1. The number of hydrogen-bond donors (Lipinski definition) is 2. The zero-order valence-corrected chi connectivity index (χ0v) is 14.5. The lowest BCUT2D eigenvalue weighted by molar-refractivity contribution is -0.124. The van der Waals surface area contributed by atoms with E-state index in [1.807, 2.05) is 0 Å². The highest BCUT2D eigenvalue weighted by Crippen LogP contribution is 2.39. The number of aliphatic hydroxyl groups excluding tert-OH is 1. The lowest BCUT2D eigenvalue weighted by Crippen LogP contribution is -2.21. The van der Waals surface area contributed by atoms with Crippen LogP contribution in [0.3, 0.4) is 0 Å². The molecule has 0 spiro atoms. The first-order valence-electron chi connectivity index (χ1n) is 7.47. The van der Waals surface area contributed by atoms with E-state index in [-0.39, 0.29) is 0 Å². The highest BCUT2D eigenvalue weighted by molar-refractivity contribution is 5.94. The van der Waals surface area contributed by atoms with Gasteiger partial charge in [0.1, 0.15) is 5.75 Å². The predicted octanol–water partition coefficient (Wildman–Crippen LogP) is 2.39. The lowest BCUT2D eigenvalue weighted by atomic mass is 10.1. The van der Waals surface area contributed by atoms with Gasteiger partial charge < -0.3 is 29.4 Å². The van der Waals surface area contributed by atoms with Crippen molar-refractivity contribution in [2.45, 2.75) is 6.10 Å². The topological polar surface area (TPSA) is 86.3 Å². The molecule has 0 heterocycles. The number of carbonyl (C=O) groups is 1. The van der Waals surface area contributed by atoms with Crippen LogP contribution in [0.2, 0.25) is 0 Å². The van der Waals surface area contributed by atoms with E-state index in [9.17, 15) is 9.90 Å². The molecule has 2 N–H and O–H groups in total. The summed E-state index contributed by atoms with van der Waals surface area (Å²) in [5, 5.41) is 13.0. The van der Waals surface area contributed by atoms with Gasteiger partial charge in [0.2, 0.25) is 5.75 Å². The van der Waals surface area contributed by atoms with Gasteiger partial charge in [-0.2, -0.15) is 0 Å². The Morgan fingerprint density at radius 1 is 0.920 bits per heavy atom. The molecule has 2 rings (SSSR count). The first-order chi connectivity index (χ1) is 12.0. The Labute approximate surface area is 146 Å². The maximum absolute atomic E-state index is 12.3. The maximum atomic E-state index is 12.3. The van der Waals surface area contributed by atoms with Crippen LogP contribution in [0.1, 0.15) is 11.7 Å². The number of methoxy groups -OCH3 is 4. The fraction of sp³-hybridized carbons (Fsp3) is 0.278. The first kappa shape index (κ1) is 18.4. The summed E-state index contributed by atoms with van der Waals surface area (Å²) >= 11 is 0. The van der Waals surface area contributed by atoms with Crippen molar-refractivity contribution in [2.24, 2.45) is 0 Å². The molecule has 2 aromatic rings. The van der Waals surface area contributed by atoms with E-state index in [2.05, 4.69) is 5.32 Å². The van der Waals surface area contributed by atoms with Gasteiger partial charge >= 0.3 is 0 Å². The van der Waals surface area contributed by atoms with Gasteiger partial charge in [0.15, 0.2) is 17.6 Å². The highest BCUT2D eigenvalue weighted by Gasteiger charge is 2.22. The van der Waals surface area contributed by atoms with Crippen LogP contribution >= 0.6 is 0 Å². The minimum absolute atomic E-state index is 0.320. The standard InChI is InChI=1S/C18H21NO6/c1-22-13-7-5-12(6-8-13)19-18(21)16(20)11-9-14(23-2)17(25-4)15(10-11)24-3/h5-10,16,20H,1-4H3,(H,19,21). The minimum atomic E-state index is -1.41. The zero-order chi connectivity index (χ0) is 18.4. The van der Waals surface area contributed by atoms with Crippen LogP contribution in [0.5, 0.6) is 23.0 Å². The van der Waals surface area contributed by atoms with Gasteiger partial charge in [-0.3, -0.25) is 4.79 Å². The number of rotatable bonds is 7. The van der Waals surface area contributed by atoms with E-state index in [0.717, 1.165) is 0 Å². The summed E-state index contributed by atoms with van der Waals surface area (Å²) in [7, 11) is 5.96. The molecule has 0 saturated heterocycles. The van der Waals surface area contributed by atoms with Crippen LogP contribution in [0.25, 0.3) is 0 Å². The van der Waals surface area contributed by atoms with Gasteiger partial charge in [-0.1, -0.05) is 0 Å². The van der Waals surface area contributed by atoms with Gasteiger partial charge in [0.25, 0.3) is 5.91 Å². The Morgan fingerprint density at radius 2 is 1.48 bits per heavy atom. The summed E-state index contributed by atoms with van der Waals surface area (Å²) in [6.45, 7) is 0. The fourth-order valence-corrected chi connectivity index (χ4v) is 2.30. The van der Waals surface area contributed by atoms with Gasteiger partial charge in [0, 0.05) is 5.69 Å². The van der Waals surface area contributed by atoms with Gasteiger partial charge in [-0.15, -0.1) is 0 Å². The van der Waals surface area contributed by atoms with E-state index >= 15 is 0 Å². The quantitative estimate of drug-likeness (QED) is 0.800. The smallest absolute Gasteiger partial charge is 0.257 e. The van der Waals surface area contributed by atoms with Gasteiger partial charge in [-0.25, -0.2) is 0 Å². The van der Waals surface area contributed by atoms with Crippen LogP contribution < -0.4 is 24.3 Å². The second-order valence-corrected chi connectivity index (χ2v) is 5.08. The molecule has 0 bridgehead atoms. The third kappa shape index (κ3) is 4.13. The molecule has 1 atom stereocenters. The minimum Gasteiger partial charge on any atom is -0.497 e. The van der Waals surface area contributed by atoms with Crippen molar-refractivity contribution in [3.05, 3.63) is 42.0 Å². The third-order valence-electron chi connectivity index (χ3n) is 3.61. The molecule has 7 nitrogen and oxygen atoms in total. The molecule has 0 aliphatic heterocycles. The van der Waals surface area contributed by atoms with Crippen molar-refractivity contribution in [3.63, 3.8) is 0 Å². The van der Waals surface area contributed by atoms with E-state index in [4.69, 9.17) is 18.9 Å². The van der Waals surface area contributed by atoms with Gasteiger partial charge in [0.05, 0.1) is 28.4 Å². The molecule has 0 aromatic heterocycles. The summed E-state index contributed by atoms with van der Waals surface area (Å²) in [5.74, 6) is 1.18. The monoisotopic (exact) mass is 347 g/mol. The number of ether oxygens (including phenoxy) is 4. The van der Waals surface area contributed by atoms with Crippen LogP contribution in [0, 0.1) is 0 Å². The SMILES string of the molecule is COc1ccc(NC(=O)C(O)c2cc(OC)c(OC)c(OC)c2)cc1. The summed E-state index contributed by atoms with van der Waals surface area (Å²) in [6, 6.07) is 9.83. The zero-order valence-electron chi connectivity index (χ0n) is 14.5. The van der Waals surface area contributed by atoms with Crippen molar-refractivity contribution in [1.82, 2.24) is 0 Å². The molecule has 0 radical (unpaired) electrons. The molecular weight excluding hydrogens is 326 g/mol. The number of hydrogen-bond acceptors (Lipinski definition) is 6. The van der Waals surface area contributed by atoms with E-state index < -0.39 is 12.0 Å². The average Bonchev–Trinajstić information content (AvgIpc) is 2.66. The Hall–Kier alpha value is -2.93.